The van der Waals surface area contributed by atoms with Crippen molar-refractivity contribution in [3.63, 3.8) is 0 Å². The van der Waals surface area contributed by atoms with E-state index < -0.39 is 0 Å². The van der Waals surface area contributed by atoms with Gasteiger partial charge in [-0.15, -0.1) is 0 Å². The SMILES string of the molecule is CC1(C(=O)N2CC[C@@H](Cc3n[nH]c(=O)n3-c3ccc(Br)cc3)C2)CC1. The fourth-order valence-electron chi connectivity index (χ4n) is 3.55. The summed E-state index contributed by atoms with van der Waals surface area (Å²) in [5, 5.41) is 6.78. The van der Waals surface area contributed by atoms with Crippen LogP contribution in [-0.4, -0.2) is 38.7 Å². The second kappa shape index (κ2) is 6.12. The molecule has 2 fully saturated rings. The summed E-state index contributed by atoms with van der Waals surface area (Å²) in [6, 6.07) is 7.60. The van der Waals surface area contributed by atoms with Crippen molar-refractivity contribution in [2.45, 2.75) is 32.6 Å². The number of nitrogens with zero attached hydrogens (tertiary/aromatic N) is 3. The number of rotatable bonds is 4. The van der Waals surface area contributed by atoms with E-state index in [-0.39, 0.29) is 11.1 Å². The molecule has 6 nitrogen and oxygen atoms in total. The van der Waals surface area contributed by atoms with Crippen molar-refractivity contribution >= 4 is 21.8 Å². The fourth-order valence-corrected chi connectivity index (χ4v) is 3.81. The zero-order valence-corrected chi connectivity index (χ0v) is 15.8. The monoisotopic (exact) mass is 404 g/mol. The lowest BCUT2D eigenvalue weighted by Gasteiger charge is -2.20. The highest BCUT2D eigenvalue weighted by molar-refractivity contribution is 9.10. The van der Waals surface area contributed by atoms with Gasteiger partial charge < -0.3 is 4.90 Å². The van der Waals surface area contributed by atoms with Gasteiger partial charge in [-0.1, -0.05) is 22.9 Å². The molecule has 1 aromatic heterocycles. The van der Waals surface area contributed by atoms with Gasteiger partial charge in [-0.25, -0.2) is 14.5 Å². The highest BCUT2D eigenvalue weighted by Crippen LogP contribution is 2.47. The number of carbonyl (C=O) groups excluding carboxylic acids is 1. The third kappa shape index (κ3) is 3.17. The van der Waals surface area contributed by atoms with Crippen molar-refractivity contribution in [2.24, 2.45) is 11.3 Å². The predicted octanol–water partition coefficient (Wildman–Crippen LogP) is 2.51. The van der Waals surface area contributed by atoms with E-state index in [1.54, 1.807) is 4.57 Å². The van der Waals surface area contributed by atoms with E-state index >= 15 is 0 Å². The van der Waals surface area contributed by atoms with E-state index in [1.165, 1.54) is 0 Å². The molecule has 2 heterocycles. The molecule has 1 atom stereocenters. The van der Waals surface area contributed by atoms with Crippen molar-refractivity contribution in [2.75, 3.05) is 13.1 Å². The van der Waals surface area contributed by atoms with Crippen LogP contribution in [0.5, 0.6) is 0 Å². The van der Waals surface area contributed by atoms with E-state index in [0.717, 1.165) is 48.3 Å². The number of H-pyrrole nitrogens is 1. The van der Waals surface area contributed by atoms with Crippen LogP contribution in [0.3, 0.4) is 0 Å². The van der Waals surface area contributed by atoms with Gasteiger partial charge in [-0.3, -0.25) is 4.79 Å². The number of aromatic amines is 1. The average Bonchev–Trinajstić information content (AvgIpc) is 3.03. The first-order valence-electron chi connectivity index (χ1n) is 8.68. The smallest absolute Gasteiger partial charge is 0.342 e. The van der Waals surface area contributed by atoms with Crippen LogP contribution in [0.1, 0.15) is 32.0 Å². The standard InChI is InChI=1S/C18H21BrN4O2/c1-18(7-8-18)16(24)22-9-6-12(11-22)10-15-20-21-17(25)23(15)14-4-2-13(19)3-5-14/h2-5,12H,6-11H2,1H3,(H,21,25)/t12-/m0/s1. The summed E-state index contributed by atoms with van der Waals surface area (Å²) in [6.45, 7) is 3.63. The number of nitrogens with one attached hydrogen (secondary N) is 1. The summed E-state index contributed by atoms with van der Waals surface area (Å²) in [5.74, 6) is 1.36. The zero-order chi connectivity index (χ0) is 17.6. The Hall–Kier alpha value is -1.89. The number of hydrogen-bond donors (Lipinski definition) is 1. The van der Waals surface area contributed by atoms with Crippen molar-refractivity contribution in [1.29, 1.82) is 0 Å². The quantitative estimate of drug-likeness (QED) is 0.850. The van der Waals surface area contributed by atoms with Gasteiger partial charge in [0.25, 0.3) is 0 Å². The number of carbonyl (C=O) groups is 1. The first-order chi connectivity index (χ1) is 12.0. The summed E-state index contributed by atoms with van der Waals surface area (Å²) < 4.78 is 2.59. The lowest BCUT2D eigenvalue weighted by atomic mass is 10.0. The Morgan fingerprint density at radius 2 is 2.08 bits per heavy atom. The van der Waals surface area contributed by atoms with Crippen molar-refractivity contribution in [3.05, 3.63) is 45.0 Å². The highest BCUT2D eigenvalue weighted by Gasteiger charge is 2.48. The molecule has 1 amide bonds. The molecule has 0 unspecified atom stereocenters. The molecule has 1 saturated heterocycles. The van der Waals surface area contributed by atoms with Crippen LogP contribution in [0.4, 0.5) is 0 Å². The molecule has 1 aliphatic heterocycles. The van der Waals surface area contributed by atoms with Crippen molar-refractivity contribution in [3.8, 4) is 5.69 Å². The number of aromatic nitrogens is 3. The van der Waals surface area contributed by atoms with E-state index in [4.69, 9.17) is 0 Å². The Labute approximate surface area is 154 Å². The number of benzene rings is 1. The molecular weight excluding hydrogens is 384 g/mol. The minimum Gasteiger partial charge on any atom is -0.342 e. The maximum Gasteiger partial charge on any atom is 0.347 e. The number of amides is 1. The van der Waals surface area contributed by atoms with Gasteiger partial charge in [0.05, 0.1) is 5.69 Å². The molecule has 2 aromatic rings. The zero-order valence-electron chi connectivity index (χ0n) is 14.2. The van der Waals surface area contributed by atoms with E-state index in [0.29, 0.717) is 18.2 Å². The molecule has 1 N–H and O–H groups in total. The van der Waals surface area contributed by atoms with Gasteiger partial charge in [-0.05, 0) is 49.4 Å². The molecule has 1 saturated carbocycles. The largest absolute Gasteiger partial charge is 0.347 e. The maximum absolute atomic E-state index is 12.5. The first kappa shape index (κ1) is 16.6. The molecule has 132 valence electrons. The Balaban J connectivity index is 1.50. The Morgan fingerprint density at radius 3 is 2.76 bits per heavy atom. The van der Waals surface area contributed by atoms with Crippen LogP contribution in [0.15, 0.2) is 33.5 Å². The van der Waals surface area contributed by atoms with Crippen LogP contribution in [0.25, 0.3) is 5.69 Å². The fraction of sp³-hybridized carbons (Fsp3) is 0.500. The van der Waals surface area contributed by atoms with Crippen molar-refractivity contribution in [1.82, 2.24) is 19.7 Å². The molecule has 25 heavy (non-hydrogen) atoms. The Morgan fingerprint density at radius 1 is 1.36 bits per heavy atom. The molecule has 0 bridgehead atoms. The van der Waals surface area contributed by atoms with Gasteiger partial charge in [0.2, 0.25) is 5.91 Å². The van der Waals surface area contributed by atoms with Crippen LogP contribution in [-0.2, 0) is 11.2 Å². The first-order valence-corrected chi connectivity index (χ1v) is 9.47. The minimum atomic E-state index is -0.228. The topological polar surface area (TPSA) is 71.0 Å². The van der Waals surface area contributed by atoms with Gasteiger partial charge >= 0.3 is 5.69 Å². The normalized spacial score (nSPS) is 21.5. The van der Waals surface area contributed by atoms with E-state index in [9.17, 15) is 9.59 Å². The third-order valence-electron chi connectivity index (χ3n) is 5.39. The predicted molar refractivity (Wildman–Crippen MR) is 97.6 cm³/mol. The van der Waals surface area contributed by atoms with Gasteiger partial charge in [-0.2, -0.15) is 5.10 Å². The highest BCUT2D eigenvalue weighted by atomic mass is 79.9. The summed E-state index contributed by atoms with van der Waals surface area (Å²) in [4.78, 5) is 26.7. The molecule has 4 rings (SSSR count). The molecular formula is C18H21BrN4O2. The lowest BCUT2D eigenvalue weighted by Crippen LogP contribution is -2.34. The van der Waals surface area contributed by atoms with Crippen LogP contribution in [0, 0.1) is 11.3 Å². The van der Waals surface area contributed by atoms with Crippen LogP contribution < -0.4 is 5.69 Å². The number of likely N-dealkylation sites (tertiary alicyclic amines) is 1. The summed E-state index contributed by atoms with van der Waals surface area (Å²) in [6.07, 6.45) is 3.67. The second-order valence-electron chi connectivity index (χ2n) is 7.43. The minimum absolute atomic E-state index is 0.110. The van der Waals surface area contributed by atoms with Gasteiger partial charge in [0.15, 0.2) is 0 Å². The third-order valence-corrected chi connectivity index (χ3v) is 5.92. The van der Waals surface area contributed by atoms with Crippen LogP contribution >= 0.6 is 15.9 Å². The Bertz CT molecular complexity index is 851. The lowest BCUT2D eigenvalue weighted by molar-refractivity contribution is -0.135. The molecule has 7 heteroatoms. The molecule has 0 radical (unpaired) electrons. The second-order valence-corrected chi connectivity index (χ2v) is 8.34. The summed E-state index contributed by atoms with van der Waals surface area (Å²) in [7, 11) is 0. The van der Waals surface area contributed by atoms with Crippen LogP contribution in [0.2, 0.25) is 0 Å². The summed E-state index contributed by atoms with van der Waals surface area (Å²) >= 11 is 3.41. The number of hydrogen-bond acceptors (Lipinski definition) is 3. The maximum atomic E-state index is 12.5. The average molecular weight is 405 g/mol. The molecule has 2 aliphatic rings. The van der Waals surface area contributed by atoms with E-state index in [2.05, 4.69) is 33.1 Å². The van der Waals surface area contributed by atoms with E-state index in [1.807, 2.05) is 29.2 Å². The molecule has 0 spiro atoms. The Kier molecular flexibility index (Phi) is 4.06. The van der Waals surface area contributed by atoms with Gasteiger partial charge in [0, 0.05) is 29.4 Å². The van der Waals surface area contributed by atoms with Gasteiger partial charge in [0.1, 0.15) is 5.82 Å². The van der Waals surface area contributed by atoms with Crippen molar-refractivity contribution < 1.29 is 4.79 Å². The molecule has 1 aliphatic carbocycles. The molecule has 1 aromatic carbocycles. The summed E-state index contributed by atoms with van der Waals surface area (Å²) in [5.41, 5.74) is 0.461. The number of halogens is 1.